The quantitative estimate of drug-likeness (QED) is 0.432. The van der Waals surface area contributed by atoms with Gasteiger partial charge in [0.1, 0.15) is 28.2 Å². The highest BCUT2D eigenvalue weighted by Crippen LogP contribution is 2.46. The summed E-state index contributed by atoms with van der Waals surface area (Å²) >= 11 is 12.6. The van der Waals surface area contributed by atoms with Crippen molar-refractivity contribution in [2.24, 2.45) is 0 Å². The predicted molar refractivity (Wildman–Crippen MR) is 120 cm³/mol. The lowest BCUT2D eigenvalue weighted by atomic mass is 10.1. The van der Waals surface area contributed by atoms with E-state index in [4.69, 9.17) is 37.4 Å². The number of para-hydroxylation sites is 1. The number of benzene rings is 2. The fourth-order valence-corrected chi connectivity index (χ4v) is 3.38. The summed E-state index contributed by atoms with van der Waals surface area (Å²) in [6, 6.07) is 7.12. The Morgan fingerprint density at radius 1 is 1.06 bits per heavy atom. The molecule has 2 aromatic carbocycles. The number of nitrogens with one attached hydrogen (secondary N) is 2. The van der Waals surface area contributed by atoms with Gasteiger partial charge in [-0.3, -0.25) is 4.79 Å². The number of hydrogen-bond acceptors (Lipinski definition) is 7. The molecule has 3 rings (SSSR count). The number of aromatic nitrogens is 2. The summed E-state index contributed by atoms with van der Waals surface area (Å²) in [5.74, 6) is 1.37. The lowest BCUT2D eigenvalue weighted by Crippen LogP contribution is -2.05. The summed E-state index contributed by atoms with van der Waals surface area (Å²) < 4.78 is 16.3. The van der Waals surface area contributed by atoms with E-state index in [2.05, 4.69) is 20.6 Å². The van der Waals surface area contributed by atoms with Gasteiger partial charge in [-0.15, -0.1) is 0 Å². The summed E-state index contributed by atoms with van der Waals surface area (Å²) in [4.78, 5) is 19.4. The number of anilines is 3. The van der Waals surface area contributed by atoms with E-state index in [1.165, 1.54) is 14.2 Å². The molecule has 0 saturated carbocycles. The van der Waals surface area contributed by atoms with E-state index in [0.29, 0.717) is 40.8 Å². The van der Waals surface area contributed by atoms with Crippen LogP contribution in [-0.2, 0) is 11.4 Å². The lowest BCUT2D eigenvalue weighted by Gasteiger charge is -2.15. The molecule has 1 aromatic heterocycles. The number of amides is 1. The first kappa shape index (κ1) is 22.5. The van der Waals surface area contributed by atoms with Crippen molar-refractivity contribution in [3.63, 3.8) is 0 Å². The molecule has 1 amide bonds. The number of carbonyl (C=O) groups is 1. The smallest absolute Gasteiger partial charge is 0.227 e. The first-order valence-electron chi connectivity index (χ1n) is 9.09. The van der Waals surface area contributed by atoms with Gasteiger partial charge in [0.2, 0.25) is 12.4 Å². The van der Waals surface area contributed by atoms with Crippen LogP contribution >= 0.6 is 23.2 Å². The molecule has 1 heterocycles. The zero-order valence-corrected chi connectivity index (χ0v) is 18.5. The highest BCUT2D eigenvalue weighted by molar-refractivity contribution is 6.39. The van der Waals surface area contributed by atoms with Crippen LogP contribution in [-0.4, -0.2) is 30.6 Å². The minimum Gasteiger partial charge on any atom is -0.495 e. The molecule has 162 valence electrons. The topological polar surface area (TPSA) is 94.6 Å². The molecule has 0 saturated heterocycles. The van der Waals surface area contributed by atoms with Gasteiger partial charge in [-0.1, -0.05) is 35.3 Å². The van der Waals surface area contributed by atoms with Gasteiger partial charge in [-0.05, 0) is 18.6 Å². The van der Waals surface area contributed by atoms with Crippen LogP contribution in [0, 0.1) is 6.92 Å². The maximum absolute atomic E-state index is 10.8. The van der Waals surface area contributed by atoms with Crippen molar-refractivity contribution in [1.29, 1.82) is 0 Å². The Morgan fingerprint density at radius 3 is 2.29 bits per heavy atom. The fraction of sp³-hybridized carbons (Fsp3) is 0.190. The van der Waals surface area contributed by atoms with E-state index < -0.39 is 0 Å². The standard InChI is InChI=1S/C21H20Cl2N4O4/c1-12-5-4-6-14(26-11-28)19(12)27-21-24-8-13(9-25-21)10-31-20-17(22)15(29-2)7-16(30-3)18(20)23/h4-9,11H,10H2,1-3H3,(H,26,28)(H,24,25,27). The SMILES string of the molecule is COc1cc(OC)c(Cl)c(OCc2cnc(Nc3c(C)cccc3NC=O)nc2)c1Cl. The number of carbonyl (C=O) groups excluding carboxylic acids is 1. The number of nitrogens with zero attached hydrogens (tertiary/aromatic N) is 2. The Hall–Kier alpha value is -3.23. The van der Waals surface area contributed by atoms with E-state index in [9.17, 15) is 4.79 Å². The third-order valence-corrected chi connectivity index (χ3v) is 5.06. The maximum Gasteiger partial charge on any atom is 0.227 e. The summed E-state index contributed by atoms with van der Waals surface area (Å²) in [6.45, 7) is 2.04. The van der Waals surface area contributed by atoms with Crippen LogP contribution in [0.4, 0.5) is 17.3 Å². The fourth-order valence-electron chi connectivity index (χ4n) is 2.77. The molecule has 0 bridgehead atoms. The van der Waals surface area contributed by atoms with Gasteiger partial charge >= 0.3 is 0 Å². The molecule has 0 aliphatic carbocycles. The molecule has 31 heavy (non-hydrogen) atoms. The van der Waals surface area contributed by atoms with Gasteiger partial charge in [0.15, 0.2) is 5.75 Å². The van der Waals surface area contributed by atoms with Gasteiger partial charge in [0, 0.05) is 24.0 Å². The van der Waals surface area contributed by atoms with Gasteiger partial charge in [-0.2, -0.15) is 0 Å². The molecule has 0 fully saturated rings. The van der Waals surface area contributed by atoms with E-state index in [1.807, 2.05) is 19.1 Å². The van der Waals surface area contributed by atoms with Crippen LogP contribution in [0.5, 0.6) is 17.2 Å². The van der Waals surface area contributed by atoms with Crippen molar-refractivity contribution >= 4 is 46.9 Å². The lowest BCUT2D eigenvalue weighted by molar-refractivity contribution is -0.105. The average molecular weight is 463 g/mol. The monoisotopic (exact) mass is 462 g/mol. The first-order chi connectivity index (χ1) is 15.0. The van der Waals surface area contributed by atoms with E-state index in [0.717, 1.165) is 5.56 Å². The van der Waals surface area contributed by atoms with Crippen LogP contribution in [0.3, 0.4) is 0 Å². The second-order valence-electron chi connectivity index (χ2n) is 6.33. The van der Waals surface area contributed by atoms with Gasteiger partial charge in [-0.25, -0.2) is 9.97 Å². The molecule has 0 unspecified atom stereocenters. The Bertz CT molecular complexity index is 1050. The van der Waals surface area contributed by atoms with Crippen molar-refractivity contribution in [3.05, 3.63) is 57.8 Å². The van der Waals surface area contributed by atoms with Crippen molar-refractivity contribution in [3.8, 4) is 17.2 Å². The Labute approximate surface area is 189 Å². The van der Waals surface area contributed by atoms with Crippen molar-refractivity contribution < 1.29 is 19.0 Å². The van der Waals surface area contributed by atoms with Gasteiger partial charge in [0.05, 0.1) is 25.6 Å². The normalized spacial score (nSPS) is 10.4. The Kier molecular flexibility index (Phi) is 7.38. The summed E-state index contributed by atoms with van der Waals surface area (Å²) in [7, 11) is 2.98. The molecule has 0 spiro atoms. The highest BCUT2D eigenvalue weighted by atomic mass is 35.5. The molecule has 2 N–H and O–H groups in total. The van der Waals surface area contributed by atoms with Crippen LogP contribution in [0.25, 0.3) is 0 Å². The third kappa shape index (κ3) is 5.10. The minimum absolute atomic E-state index is 0.123. The average Bonchev–Trinajstić information content (AvgIpc) is 2.77. The molecule has 0 aliphatic heterocycles. The number of aryl methyl sites for hydroxylation is 1. The molecule has 0 atom stereocenters. The van der Waals surface area contributed by atoms with Crippen LogP contribution in [0.15, 0.2) is 36.7 Å². The second-order valence-corrected chi connectivity index (χ2v) is 7.08. The largest absolute Gasteiger partial charge is 0.495 e. The molecule has 3 aromatic rings. The van der Waals surface area contributed by atoms with Crippen molar-refractivity contribution in [2.75, 3.05) is 24.9 Å². The molecule has 0 radical (unpaired) electrons. The zero-order valence-electron chi connectivity index (χ0n) is 17.0. The van der Waals surface area contributed by atoms with Crippen LogP contribution in [0.1, 0.15) is 11.1 Å². The Morgan fingerprint density at radius 2 is 1.71 bits per heavy atom. The van der Waals surface area contributed by atoms with Crippen molar-refractivity contribution in [1.82, 2.24) is 9.97 Å². The summed E-state index contributed by atoms with van der Waals surface area (Å²) in [5, 5.41) is 6.24. The van der Waals surface area contributed by atoms with Crippen LogP contribution in [0.2, 0.25) is 10.0 Å². The maximum atomic E-state index is 10.8. The molecule has 8 nitrogen and oxygen atoms in total. The number of methoxy groups -OCH3 is 2. The van der Waals surface area contributed by atoms with Crippen LogP contribution < -0.4 is 24.8 Å². The number of ether oxygens (including phenoxy) is 3. The third-order valence-electron chi connectivity index (χ3n) is 4.35. The van der Waals surface area contributed by atoms with Crippen molar-refractivity contribution in [2.45, 2.75) is 13.5 Å². The number of rotatable bonds is 9. The number of halogens is 2. The molecular weight excluding hydrogens is 443 g/mol. The Balaban J connectivity index is 1.75. The molecular formula is C21H20Cl2N4O4. The minimum atomic E-state index is 0.123. The van der Waals surface area contributed by atoms with E-state index >= 15 is 0 Å². The highest BCUT2D eigenvalue weighted by Gasteiger charge is 2.19. The molecule has 10 heteroatoms. The second kappa shape index (κ2) is 10.2. The van der Waals surface area contributed by atoms with E-state index in [1.54, 1.807) is 24.5 Å². The number of hydrogen-bond donors (Lipinski definition) is 2. The van der Waals surface area contributed by atoms with Gasteiger partial charge in [0.25, 0.3) is 0 Å². The predicted octanol–water partition coefficient (Wildman–Crippen LogP) is 5.00. The molecule has 0 aliphatic rings. The zero-order chi connectivity index (χ0) is 22.4. The van der Waals surface area contributed by atoms with Gasteiger partial charge < -0.3 is 24.8 Å². The summed E-state index contributed by atoms with van der Waals surface area (Å²) in [5.41, 5.74) is 2.96. The summed E-state index contributed by atoms with van der Waals surface area (Å²) in [6.07, 6.45) is 3.84. The van der Waals surface area contributed by atoms with E-state index in [-0.39, 0.29) is 22.4 Å². The first-order valence-corrected chi connectivity index (χ1v) is 9.84.